The third-order valence-electron chi connectivity index (χ3n) is 2.77. The van der Waals surface area contributed by atoms with Gasteiger partial charge in [0.2, 0.25) is 5.82 Å². The number of H-pyrrole nitrogens is 1. The Morgan fingerprint density at radius 3 is 2.77 bits per heavy atom. The molecular weight excluding hydrogens is 348 g/mol. The first-order valence-electron chi connectivity index (χ1n) is 6.17. The van der Waals surface area contributed by atoms with Crippen LogP contribution in [0.15, 0.2) is 47.3 Å². The van der Waals surface area contributed by atoms with Crippen LogP contribution in [0.1, 0.15) is 5.82 Å². The fourth-order valence-electron chi connectivity index (χ4n) is 1.73. The molecular formula is C13H9BrN8. The lowest BCUT2D eigenvalue weighted by atomic mass is 10.2. The fraction of sp³-hybridized carbons (Fsp3) is 0. The number of hydrogen-bond donors (Lipinski definition) is 2. The van der Waals surface area contributed by atoms with Gasteiger partial charge in [-0.3, -0.25) is 0 Å². The highest BCUT2D eigenvalue weighted by atomic mass is 79.9. The van der Waals surface area contributed by atoms with Crippen molar-refractivity contribution < 1.29 is 0 Å². The van der Waals surface area contributed by atoms with Gasteiger partial charge in [-0.1, -0.05) is 0 Å². The summed E-state index contributed by atoms with van der Waals surface area (Å²) in [5, 5.41) is 29.6. The lowest BCUT2D eigenvalue weighted by Crippen LogP contribution is -1.96. The maximum atomic E-state index is 9.07. The van der Waals surface area contributed by atoms with Gasteiger partial charge in [-0.05, 0) is 45.4 Å². The molecule has 0 fully saturated rings. The Hall–Kier alpha value is -2.99. The minimum atomic E-state index is 0.244. The lowest BCUT2D eigenvalue weighted by Gasteiger charge is -2.04. The van der Waals surface area contributed by atoms with E-state index in [4.69, 9.17) is 5.26 Å². The maximum absolute atomic E-state index is 9.07. The topological polar surface area (TPSA) is 108 Å². The summed E-state index contributed by atoms with van der Waals surface area (Å²) in [5.41, 5.74) is 2.04. The van der Waals surface area contributed by atoms with E-state index in [9.17, 15) is 0 Å². The third kappa shape index (κ3) is 3.02. The molecule has 0 unspecified atom stereocenters. The molecule has 0 saturated heterocycles. The molecule has 2 aromatic heterocycles. The zero-order valence-corrected chi connectivity index (χ0v) is 12.7. The number of aromatic nitrogens is 6. The van der Waals surface area contributed by atoms with E-state index in [1.54, 1.807) is 10.9 Å². The normalized spacial score (nSPS) is 11.2. The van der Waals surface area contributed by atoms with Crippen molar-refractivity contribution in [3.63, 3.8) is 0 Å². The number of tetrazole rings is 1. The van der Waals surface area contributed by atoms with E-state index in [2.05, 4.69) is 47.0 Å². The Bertz CT molecular complexity index is 826. The van der Waals surface area contributed by atoms with Crippen LogP contribution < -0.4 is 5.32 Å². The first-order chi connectivity index (χ1) is 10.8. The molecule has 0 aliphatic rings. The molecule has 3 rings (SSSR count). The Morgan fingerprint density at radius 2 is 2.18 bits per heavy atom. The van der Waals surface area contributed by atoms with Crippen LogP contribution in [0.4, 0.5) is 5.69 Å². The molecule has 0 saturated carbocycles. The Labute approximate surface area is 133 Å². The quantitative estimate of drug-likeness (QED) is 0.693. The second-order valence-electron chi connectivity index (χ2n) is 4.20. The van der Waals surface area contributed by atoms with Crippen LogP contribution in [0.25, 0.3) is 11.3 Å². The summed E-state index contributed by atoms with van der Waals surface area (Å²) in [6, 6.07) is 9.60. The second kappa shape index (κ2) is 6.19. The summed E-state index contributed by atoms with van der Waals surface area (Å²) in [4.78, 5) is 0. The van der Waals surface area contributed by atoms with E-state index >= 15 is 0 Å². The van der Waals surface area contributed by atoms with Crippen LogP contribution in [0, 0.1) is 11.3 Å². The van der Waals surface area contributed by atoms with Crippen molar-refractivity contribution in [1.82, 2.24) is 30.4 Å². The molecule has 0 spiro atoms. The van der Waals surface area contributed by atoms with Crippen molar-refractivity contribution >= 4 is 27.2 Å². The molecule has 0 amide bonds. The summed E-state index contributed by atoms with van der Waals surface area (Å²) in [6.07, 6.45) is 5.12. The highest BCUT2D eigenvalue weighted by molar-refractivity contribution is 9.10. The average Bonchev–Trinajstić information content (AvgIpc) is 3.20. The summed E-state index contributed by atoms with van der Waals surface area (Å²) in [5.74, 6) is 0.244. The average molecular weight is 357 g/mol. The van der Waals surface area contributed by atoms with Gasteiger partial charge in [-0.15, -0.1) is 10.2 Å². The molecule has 8 nitrogen and oxygen atoms in total. The van der Waals surface area contributed by atoms with E-state index in [1.807, 2.05) is 36.5 Å². The van der Waals surface area contributed by atoms with Crippen molar-refractivity contribution in [3.05, 3.63) is 53.2 Å². The molecule has 0 aliphatic heterocycles. The molecule has 0 bridgehead atoms. The van der Waals surface area contributed by atoms with E-state index < -0.39 is 0 Å². The van der Waals surface area contributed by atoms with Crippen molar-refractivity contribution in [2.75, 3.05) is 5.32 Å². The van der Waals surface area contributed by atoms with Gasteiger partial charge in [0.05, 0.1) is 16.4 Å². The number of nitriles is 1. The minimum absolute atomic E-state index is 0.244. The molecule has 108 valence electrons. The van der Waals surface area contributed by atoms with Gasteiger partial charge in [0.1, 0.15) is 11.6 Å². The molecule has 2 heterocycles. The molecule has 0 radical (unpaired) electrons. The van der Waals surface area contributed by atoms with Crippen LogP contribution in [0.2, 0.25) is 0 Å². The van der Waals surface area contributed by atoms with E-state index in [0.29, 0.717) is 0 Å². The first kappa shape index (κ1) is 14.0. The minimum Gasteiger partial charge on any atom is -0.360 e. The molecule has 9 heteroatoms. The van der Waals surface area contributed by atoms with Gasteiger partial charge in [-0.25, -0.2) is 4.68 Å². The van der Waals surface area contributed by atoms with Crippen molar-refractivity contribution in [2.24, 2.45) is 0 Å². The van der Waals surface area contributed by atoms with Gasteiger partial charge in [0.25, 0.3) is 0 Å². The Kier molecular flexibility index (Phi) is 3.93. The number of nitrogens with zero attached hydrogens (tertiary/aromatic N) is 6. The van der Waals surface area contributed by atoms with Crippen molar-refractivity contribution in [1.29, 1.82) is 5.26 Å². The number of hydrogen-bond acceptors (Lipinski definition) is 6. The monoisotopic (exact) mass is 356 g/mol. The first-order valence-corrected chi connectivity index (χ1v) is 6.97. The van der Waals surface area contributed by atoms with Crippen LogP contribution in [-0.2, 0) is 0 Å². The zero-order chi connectivity index (χ0) is 15.4. The van der Waals surface area contributed by atoms with E-state index in [0.717, 1.165) is 15.8 Å². The third-order valence-corrected chi connectivity index (χ3v) is 3.18. The predicted molar refractivity (Wildman–Crippen MR) is 82.7 cm³/mol. The van der Waals surface area contributed by atoms with Crippen molar-refractivity contribution in [3.8, 4) is 11.8 Å². The van der Waals surface area contributed by atoms with Gasteiger partial charge < -0.3 is 5.32 Å². The number of anilines is 1. The summed E-state index contributed by atoms with van der Waals surface area (Å²) in [6.45, 7) is 0. The summed E-state index contributed by atoms with van der Waals surface area (Å²) in [7, 11) is 0. The van der Waals surface area contributed by atoms with Gasteiger partial charge in [0.15, 0.2) is 0 Å². The number of nitrogens with one attached hydrogen (secondary N) is 2. The molecule has 2 N–H and O–H groups in total. The fourth-order valence-corrected chi connectivity index (χ4v) is 2.02. The lowest BCUT2D eigenvalue weighted by molar-refractivity contribution is 0.880. The predicted octanol–water partition coefficient (Wildman–Crippen LogP) is 2.12. The number of allylic oxidation sites excluding steroid dienone is 1. The number of halogens is 1. The second-order valence-corrected chi connectivity index (χ2v) is 5.12. The summed E-state index contributed by atoms with van der Waals surface area (Å²) < 4.78 is 2.67. The van der Waals surface area contributed by atoms with E-state index in [-0.39, 0.29) is 11.4 Å². The van der Waals surface area contributed by atoms with E-state index in [1.165, 1.54) is 6.20 Å². The zero-order valence-electron chi connectivity index (χ0n) is 11.1. The highest BCUT2D eigenvalue weighted by Crippen LogP contribution is 2.16. The highest BCUT2D eigenvalue weighted by Gasteiger charge is 2.05. The largest absolute Gasteiger partial charge is 0.360 e. The van der Waals surface area contributed by atoms with Crippen LogP contribution in [0.5, 0.6) is 0 Å². The van der Waals surface area contributed by atoms with Crippen LogP contribution in [0.3, 0.4) is 0 Å². The standard InChI is InChI=1S/C13H9BrN8/c14-10-7-17-22(8-10)12-3-1-11(2-4-12)16-6-9(5-15)13-18-20-21-19-13/h1-4,6-8,16H,(H,18,19,20,21). The Morgan fingerprint density at radius 1 is 1.36 bits per heavy atom. The van der Waals surface area contributed by atoms with Crippen LogP contribution >= 0.6 is 15.9 Å². The molecule has 0 atom stereocenters. The molecule has 0 aliphatic carbocycles. The van der Waals surface area contributed by atoms with Crippen molar-refractivity contribution in [2.45, 2.75) is 0 Å². The number of aromatic amines is 1. The van der Waals surface area contributed by atoms with Gasteiger partial charge in [-0.2, -0.15) is 15.6 Å². The Balaban J connectivity index is 1.75. The SMILES string of the molecule is N#CC(=CNc1ccc(-n2cc(Br)cn2)cc1)c1nn[nH]n1. The van der Waals surface area contributed by atoms with Crippen LogP contribution in [-0.4, -0.2) is 30.4 Å². The maximum Gasteiger partial charge on any atom is 0.216 e. The summed E-state index contributed by atoms with van der Waals surface area (Å²) >= 11 is 3.36. The molecule has 3 aromatic rings. The number of rotatable bonds is 4. The van der Waals surface area contributed by atoms with Gasteiger partial charge in [0, 0.05) is 18.1 Å². The molecule has 22 heavy (non-hydrogen) atoms. The smallest absolute Gasteiger partial charge is 0.216 e. The van der Waals surface area contributed by atoms with Gasteiger partial charge >= 0.3 is 0 Å². The number of benzene rings is 1. The molecule has 1 aromatic carbocycles.